The quantitative estimate of drug-likeness (QED) is 0.484. The number of hydrogen-bond acceptors (Lipinski definition) is 5. The summed E-state index contributed by atoms with van der Waals surface area (Å²) in [6.45, 7) is 3.80. The van der Waals surface area contributed by atoms with Crippen molar-refractivity contribution in [2.24, 2.45) is 4.99 Å². The number of carbonyl (C=O) groups is 1. The molecule has 32 heavy (non-hydrogen) atoms. The summed E-state index contributed by atoms with van der Waals surface area (Å²) in [5.74, 6) is -0.452. The van der Waals surface area contributed by atoms with Gasteiger partial charge in [0.2, 0.25) is 0 Å². The predicted octanol–water partition coefficient (Wildman–Crippen LogP) is 4.23. The zero-order chi connectivity index (χ0) is 22.7. The van der Waals surface area contributed by atoms with Crippen molar-refractivity contribution in [2.45, 2.75) is 19.9 Å². The normalized spacial score (nSPS) is 16.2. The fourth-order valence-electron chi connectivity index (χ4n) is 3.58. The second kappa shape index (κ2) is 9.63. The first kappa shape index (κ1) is 22.2. The molecule has 0 amide bonds. The average molecular weight is 509 g/mol. The Bertz CT molecular complexity index is 1380. The Balaban J connectivity index is 1.83. The van der Waals surface area contributed by atoms with E-state index < -0.39 is 12.0 Å². The van der Waals surface area contributed by atoms with Gasteiger partial charge in [0.05, 0.1) is 28.5 Å². The lowest BCUT2D eigenvalue weighted by atomic mass is 9.96. The van der Waals surface area contributed by atoms with Crippen LogP contribution in [0.15, 0.2) is 86.2 Å². The molecule has 0 saturated carbocycles. The smallest absolute Gasteiger partial charge is 0.338 e. The van der Waals surface area contributed by atoms with Crippen molar-refractivity contribution in [2.75, 3.05) is 6.61 Å². The van der Waals surface area contributed by atoms with Crippen molar-refractivity contribution in [3.8, 4) is 0 Å². The Kier molecular flexibility index (Phi) is 6.67. The van der Waals surface area contributed by atoms with Gasteiger partial charge in [-0.25, -0.2) is 9.79 Å². The first-order valence-corrected chi connectivity index (χ1v) is 11.8. The molecule has 2 heterocycles. The number of fused-ring (bicyclic) bond motifs is 1. The topological polar surface area (TPSA) is 60.7 Å². The van der Waals surface area contributed by atoms with E-state index in [0.29, 0.717) is 20.6 Å². The number of rotatable bonds is 5. The third-order valence-corrected chi connectivity index (χ3v) is 6.57. The molecule has 0 fully saturated rings. The van der Waals surface area contributed by atoms with E-state index in [4.69, 9.17) is 4.74 Å². The molecule has 0 unspecified atom stereocenters. The zero-order valence-corrected chi connectivity index (χ0v) is 20.0. The number of benzene rings is 2. The Morgan fingerprint density at radius 1 is 1.19 bits per heavy atom. The van der Waals surface area contributed by atoms with Crippen molar-refractivity contribution in [3.05, 3.63) is 107 Å². The highest BCUT2D eigenvalue weighted by Crippen LogP contribution is 2.30. The van der Waals surface area contributed by atoms with E-state index in [1.54, 1.807) is 24.5 Å². The van der Waals surface area contributed by atoms with Gasteiger partial charge in [-0.05, 0) is 43.2 Å². The van der Waals surface area contributed by atoms with E-state index in [9.17, 15) is 9.59 Å². The zero-order valence-electron chi connectivity index (χ0n) is 17.6. The van der Waals surface area contributed by atoms with E-state index in [1.807, 2.05) is 66.7 Å². The lowest BCUT2D eigenvalue weighted by Gasteiger charge is -2.24. The van der Waals surface area contributed by atoms with Gasteiger partial charge in [-0.3, -0.25) is 9.36 Å². The second-order valence-electron chi connectivity index (χ2n) is 7.15. The Labute approximate surface area is 197 Å². The Morgan fingerprint density at radius 3 is 2.59 bits per heavy atom. The summed E-state index contributed by atoms with van der Waals surface area (Å²) < 4.78 is 8.45. The summed E-state index contributed by atoms with van der Waals surface area (Å²) in [6, 6.07) is 16.8. The summed E-state index contributed by atoms with van der Waals surface area (Å²) in [5, 5.41) is 0. The van der Waals surface area contributed by atoms with Gasteiger partial charge in [-0.2, -0.15) is 0 Å². The highest BCUT2D eigenvalue weighted by atomic mass is 79.9. The third kappa shape index (κ3) is 4.45. The van der Waals surface area contributed by atoms with Crippen LogP contribution in [0.5, 0.6) is 0 Å². The SMILES string of the molecule is CCOC(=O)C1=C(C)N=c2s/c(=C\C=C\c3ccc(Br)cc3)c(=O)n2[C@H]1c1ccccc1. The lowest BCUT2D eigenvalue weighted by molar-refractivity contribution is -0.139. The van der Waals surface area contributed by atoms with E-state index in [1.165, 1.54) is 11.3 Å². The van der Waals surface area contributed by atoms with Gasteiger partial charge in [0.15, 0.2) is 4.80 Å². The monoisotopic (exact) mass is 508 g/mol. The van der Waals surface area contributed by atoms with Crippen LogP contribution in [0.4, 0.5) is 0 Å². The molecule has 1 atom stereocenters. The molecule has 1 aromatic heterocycles. The van der Waals surface area contributed by atoms with Crippen LogP contribution in [0.25, 0.3) is 12.2 Å². The third-order valence-electron chi connectivity index (χ3n) is 5.04. The highest BCUT2D eigenvalue weighted by molar-refractivity contribution is 9.10. The molecule has 1 aliphatic rings. The summed E-state index contributed by atoms with van der Waals surface area (Å²) in [6.07, 6.45) is 5.58. The number of halogens is 1. The fourth-order valence-corrected chi connectivity index (χ4v) is 4.84. The molecule has 1 aliphatic heterocycles. The van der Waals surface area contributed by atoms with Gasteiger partial charge in [0.1, 0.15) is 0 Å². The lowest BCUT2D eigenvalue weighted by Crippen LogP contribution is -2.39. The molecule has 0 aliphatic carbocycles. The second-order valence-corrected chi connectivity index (χ2v) is 9.07. The largest absolute Gasteiger partial charge is 0.463 e. The van der Waals surface area contributed by atoms with Crippen molar-refractivity contribution in [1.29, 1.82) is 0 Å². The van der Waals surface area contributed by atoms with Gasteiger partial charge in [0.25, 0.3) is 5.56 Å². The van der Waals surface area contributed by atoms with Gasteiger partial charge in [0, 0.05) is 4.47 Å². The molecular formula is C25H21BrN2O3S. The van der Waals surface area contributed by atoms with Crippen LogP contribution in [-0.4, -0.2) is 17.1 Å². The van der Waals surface area contributed by atoms with Gasteiger partial charge >= 0.3 is 5.97 Å². The van der Waals surface area contributed by atoms with Crippen LogP contribution < -0.4 is 14.9 Å². The molecule has 0 N–H and O–H groups in total. The van der Waals surface area contributed by atoms with E-state index in [0.717, 1.165) is 15.6 Å². The minimum atomic E-state index is -0.580. The van der Waals surface area contributed by atoms with Crippen LogP contribution in [0, 0.1) is 0 Å². The number of ether oxygens (including phenoxy) is 1. The van der Waals surface area contributed by atoms with Crippen molar-refractivity contribution < 1.29 is 9.53 Å². The number of hydrogen-bond donors (Lipinski definition) is 0. The molecule has 0 radical (unpaired) electrons. The molecule has 0 bridgehead atoms. The molecule has 0 spiro atoms. The maximum atomic E-state index is 13.4. The maximum Gasteiger partial charge on any atom is 0.338 e. The highest BCUT2D eigenvalue weighted by Gasteiger charge is 2.33. The first-order chi connectivity index (χ1) is 15.5. The number of allylic oxidation sites excluding steroid dienone is 2. The molecular weight excluding hydrogens is 488 g/mol. The van der Waals surface area contributed by atoms with Crippen LogP contribution >= 0.6 is 27.3 Å². The van der Waals surface area contributed by atoms with E-state index in [-0.39, 0.29) is 12.2 Å². The molecule has 4 rings (SSSR count). The summed E-state index contributed by atoms with van der Waals surface area (Å²) in [7, 11) is 0. The number of esters is 1. The van der Waals surface area contributed by atoms with Gasteiger partial charge < -0.3 is 4.74 Å². The van der Waals surface area contributed by atoms with E-state index >= 15 is 0 Å². The standard InChI is InChI=1S/C25H21BrN2O3S/c1-3-31-24(30)21-16(2)27-25-28(22(21)18-9-5-4-6-10-18)23(29)20(32-25)11-7-8-17-12-14-19(26)15-13-17/h4-15,22H,3H2,1-2H3/b8-7+,20-11-/t22-/m0/s1. The average Bonchev–Trinajstić information content (AvgIpc) is 3.09. The number of carbonyl (C=O) groups excluding carboxylic acids is 1. The van der Waals surface area contributed by atoms with Crippen molar-refractivity contribution >= 4 is 45.4 Å². The van der Waals surface area contributed by atoms with Crippen LogP contribution in [0.1, 0.15) is 31.0 Å². The molecule has 7 heteroatoms. The predicted molar refractivity (Wildman–Crippen MR) is 131 cm³/mol. The fraction of sp³-hybridized carbons (Fsp3) is 0.160. The first-order valence-electron chi connectivity index (χ1n) is 10.2. The van der Waals surface area contributed by atoms with Gasteiger partial charge in [-0.15, -0.1) is 0 Å². The summed E-state index contributed by atoms with van der Waals surface area (Å²) >= 11 is 4.74. The minimum Gasteiger partial charge on any atom is -0.463 e. The van der Waals surface area contributed by atoms with Crippen LogP contribution in [0.2, 0.25) is 0 Å². The van der Waals surface area contributed by atoms with Crippen LogP contribution in [0.3, 0.4) is 0 Å². The molecule has 3 aromatic rings. The van der Waals surface area contributed by atoms with Crippen molar-refractivity contribution in [1.82, 2.24) is 4.57 Å². The van der Waals surface area contributed by atoms with E-state index in [2.05, 4.69) is 20.9 Å². The van der Waals surface area contributed by atoms with Crippen molar-refractivity contribution in [3.63, 3.8) is 0 Å². The minimum absolute atomic E-state index is 0.183. The number of aromatic nitrogens is 1. The summed E-state index contributed by atoms with van der Waals surface area (Å²) in [4.78, 5) is 31.3. The van der Waals surface area contributed by atoms with Gasteiger partial charge in [-0.1, -0.05) is 81.9 Å². The number of thiazole rings is 1. The molecule has 0 saturated heterocycles. The number of nitrogens with zero attached hydrogens (tertiary/aromatic N) is 2. The molecule has 162 valence electrons. The molecule has 2 aromatic carbocycles. The van der Waals surface area contributed by atoms with Crippen LogP contribution in [-0.2, 0) is 9.53 Å². The molecule has 5 nitrogen and oxygen atoms in total. The maximum absolute atomic E-state index is 13.4. The Morgan fingerprint density at radius 2 is 1.91 bits per heavy atom. The Hall–Kier alpha value is -3.03. The summed E-state index contributed by atoms with van der Waals surface area (Å²) in [5.41, 5.74) is 2.64.